The number of nitrogens with one attached hydrogen (secondary N) is 2. The molecule has 0 unspecified atom stereocenters. The van der Waals surface area contributed by atoms with Crippen LogP contribution in [-0.2, 0) is 4.79 Å². The van der Waals surface area contributed by atoms with Crippen LogP contribution in [0.5, 0.6) is 5.75 Å². The van der Waals surface area contributed by atoms with Crippen molar-refractivity contribution in [2.45, 2.75) is 13.8 Å². The maximum Gasteiger partial charge on any atom is 0.275 e. The zero-order valence-corrected chi connectivity index (χ0v) is 14.6. The third-order valence-corrected chi connectivity index (χ3v) is 3.47. The molecule has 2 amide bonds. The molecule has 0 aromatic heterocycles. The third kappa shape index (κ3) is 5.32. The standard InChI is InChI=1S/C18H18ClN3O3/c1-3-25-17-10-14(21-12(2)23)8-9-15(17)18(24)22-20-11-13-6-4-5-7-16(13)19/h4-11H,3H2,1-2H3,(H,21,23)(H,22,24)/b20-11-. The maximum atomic E-state index is 12.3. The quantitative estimate of drug-likeness (QED) is 0.612. The molecule has 0 saturated carbocycles. The van der Waals surface area contributed by atoms with Gasteiger partial charge in [-0.15, -0.1) is 0 Å². The van der Waals surface area contributed by atoms with Crippen LogP contribution in [0.15, 0.2) is 47.6 Å². The zero-order valence-electron chi connectivity index (χ0n) is 13.9. The molecule has 2 aromatic rings. The molecule has 0 fully saturated rings. The van der Waals surface area contributed by atoms with Gasteiger partial charge in [0.15, 0.2) is 0 Å². The van der Waals surface area contributed by atoms with Crippen LogP contribution in [-0.4, -0.2) is 24.6 Å². The molecular formula is C18H18ClN3O3. The Kier molecular flexibility index (Phi) is 6.54. The van der Waals surface area contributed by atoms with Crippen LogP contribution >= 0.6 is 11.6 Å². The molecule has 2 N–H and O–H groups in total. The van der Waals surface area contributed by atoms with Gasteiger partial charge in [-0.05, 0) is 25.1 Å². The summed E-state index contributed by atoms with van der Waals surface area (Å²) < 4.78 is 5.48. The van der Waals surface area contributed by atoms with Gasteiger partial charge in [0, 0.05) is 29.3 Å². The number of rotatable bonds is 6. The van der Waals surface area contributed by atoms with E-state index in [0.29, 0.717) is 34.2 Å². The lowest BCUT2D eigenvalue weighted by molar-refractivity contribution is -0.114. The Hall–Kier alpha value is -2.86. The van der Waals surface area contributed by atoms with Gasteiger partial charge >= 0.3 is 0 Å². The number of hydrazone groups is 1. The van der Waals surface area contributed by atoms with E-state index in [4.69, 9.17) is 16.3 Å². The number of hydrogen-bond donors (Lipinski definition) is 2. The molecule has 7 heteroatoms. The molecule has 0 heterocycles. The number of ether oxygens (including phenoxy) is 1. The van der Waals surface area contributed by atoms with Crippen LogP contribution in [0.2, 0.25) is 5.02 Å². The van der Waals surface area contributed by atoms with E-state index in [1.807, 2.05) is 19.1 Å². The zero-order chi connectivity index (χ0) is 18.2. The Morgan fingerprint density at radius 1 is 1.24 bits per heavy atom. The molecule has 0 saturated heterocycles. The lowest BCUT2D eigenvalue weighted by Gasteiger charge is -2.11. The van der Waals surface area contributed by atoms with E-state index in [9.17, 15) is 9.59 Å². The first-order chi connectivity index (χ1) is 12.0. The van der Waals surface area contributed by atoms with Crippen molar-refractivity contribution >= 4 is 35.3 Å². The molecule has 0 spiro atoms. The highest BCUT2D eigenvalue weighted by Crippen LogP contribution is 2.23. The van der Waals surface area contributed by atoms with E-state index in [2.05, 4.69) is 15.8 Å². The summed E-state index contributed by atoms with van der Waals surface area (Å²) in [6, 6.07) is 11.9. The van der Waals surface area contributed by atoms with E-state index in [-0.39, 0.29) is 5.91 Å². The number of benzene rings is 2. The predicted octanol–water partition coefficient (Wildman–Crippen LogP) is 3.46. The molecular weight excluding hydrogens is 342 g/mol. The highest BCUT2D eigenvalue weighted by molar-refractivity contribution is 6.33. The summed E-state index contributed by atoms with van der Waals surface area (Å²) in [5.41, 5.74) is 3.99. The first-order valence-corrected chi connectivity index (χ1v) is 8.01. The number of halogens is 1. The van der Waals surface area contributed by atoms with Crippen LogP contribution in [0.25, 0.3) is 0 Å². The van der Waals surface area contributed by atoms with Crippen molar-refractivity contribution in [1.82, 2.24) is 5.43 Å². The van der Waals surface area contributed by atoms with Crippen LogP contribution in [0.3, 0.4) is 0 Å². The Labute approximate surface area is 150 Å². The lowest BCUT2D eigenvalue weighted by atomic mass is 10.1. The highest BCUT2D eigenvalue weighted by atomic mass is 35.5. The second-order valence-electron chi connectivity index (χ2n) is 5.05. The fraction of sp³-hybridized carbons (Fsp3) is 0.167. The van der Waals surface area contributed by atoms with Crippen molar-refractivity contribution in [2.75, 3.05) is 11.9 Å². The third-order valence-electron chi connectivity index (χ3n) is 3.12. The van der Waals surface area contributed by atoms with Crippen LogP contribution in [0, 0.1) is 0 Å². The van der Waals surface area contributed by atoms with Gasteiger partial charge < -0.3 is 10.1 Å². The van der Waals surface area contributed by atoms with E-state index in [1.165, 1.54) is 13.1 Å². The summed E-state index contributed by atoms with van der Waals surface area (Å²) >= 11 is 6.02. The summed E-state index contributed by atoms with van der Waals surface area (Å²) in [4.78, 5) is 23.5. The molecule has 0 radical (unpaired) electrons. The fourth-order valence-electron chi connectivity index (χ4n) is 2.07. The van der Waals surface area contributed by atoms with Crippen molar-refractivity contribution in [3.05, 3.63) is 58.6 Å². The first-order valence-electron chi connectivity index (χ1n) is 7.63. The molecule has 0 aliphatic carbocycles. The molecule has 130 valence electrons. The van der Waals surface area contributed by atoms with Gasteiger partial charge in [-0.25, -0.2) is 5.43 Å². The Bertz CT molecular complexity index is 806. The predicted molar refractivity (Wildman–Crippen MR) is 98.4 cm³/mol. The van der Waals surface area contributed by atoms with Gasteiger partial charge in [-0.3, -0.25) is 9.59 Å². The summed E-state index contributed by atoms with van der Waals surface area (Å²) in [6.07, 6.45) is 1.46. The normalized spacial score (nSPS) is 10.5. The minimum atomic E-state index is -0.430. The smallest absolute Gasteiger partial charge is 0.275 e. The molecule has 2 rings (SSSR count). The average molecular weight is 360 g/mol. The average Bonchev–Trinajstić information content (AvgIpc) is 2.56. The summed E-state index contributed by atoms with van der Waals surface area (Å²) in [5, 5.41) is 7.10. The number of hydrogen-bond acceptors (Lipinski definition) is 4. The van der Waals surface area contributed by atoms with Gasteiger partial charge in [0.2, 0.25) is 5.91 Å². The van der Waals surface area contributed by atoms with E-state index >= 15 is 0 Å². The minimum Gasteiger partial charge on any atom is -0.493 e. The molecule has 25 heavy (non-hydrogen) atoms. The summed E-state index contributed by atoms with van der Waals surface area (Å²) in [6.45, 7) is 3.60. The SMILES string of the molecule is CCOc1cc(NC(C)=O)ccc1C(=O)N/N=C\c1ccccc1Cl. The van der Waals surface area contributed by atoms with Gasteiger partial charge in [-0.2, -0.15) is 5.10 Å². The van der Waals surface area contributed by atoms with E-state index in [1.54, 1.807) is 30.3 Å². The van der Waals surface area contributed by atoms with Crippen molar-refractivity contribution in [3.63, 3.8) is 0 Å². The number of anilines is 1. The molecule has 0 aliphatic rings. The van der Waals surface area contributed by atoms with Gasteiger partial charge in [-0.1, -0.05) is 29.8 Å². The first kappa shape index (κ1) is 18.5. The van der Waals surface area contributed by atoms with Gasteiger partial charge in [0.05, 0.1) is 18.4 Å². The summed E-state index contributed by atoms with van der Waals surface area (Å²) in [7, 11) is 0. The fourth-order valence-corrected chi connectivity index (χ4v) is 2.25. The summed E-state index contributed by atoms with van der Waals surface area (Å²) in [5.74, 6) is -0.274. The number of amides is 2. The monoisotopic (exact) mass is 359 g/mol. The second kappa shape index (κ2) is 8.84. The maximum absolute atomic E-state index is 12.3. The van der Waals surface area contributed by atoms with Crippen molar-refractivity contribution < 1.29 is 14.3 Å². The largest absolute Gasteiger partial charge is 0.493 e. The minimum absolute atomic E-state index is 0.205. The second-order valence-corrected chi connectivity index (χ2v) is 5.45. The Morgan fingerprint density at radius 2 is 2.00 bits per heavy atom. The Balaban J connectivity index is 2.14. The topological polar surface area (TPSA) is 79.8 Å². The molecule has 2 aromatic carbocycles. The van der Waals surface area contributed by atoms with Gasteiger partial charge in [0.25, 0.3) is 5.91 Å². The molecule has 0 aliphatic heterocycles. The van der Waals surface area contributed by atoms with Crippen LogP contribution in [0.4, 0.5) is 5.69 Å². The van der Waals surface area contributed by atoms with Crippen LogP contribution in [0.1, 0.15) is 29.8 Å². The number of nitrogens with zero attached hydrogens (tertiary/aromatic N) is 1. The van der Waals surface area contributed by atoms with Gasteiger partial charge in [0.1, 0.15) is 5.75 Å². The van der Waals surface area contributed by atoms with Crippen molar-refractivity contribution in [2.24, 2.45) is 5.10 Å². The van der Waals surface area contributed by atoms with E-state index < -0.39 is 5.91 Å². The molecule has 6 nitrogen and oxygen atoms in total. The lowest BCUT2D eigenvalue weighted by Crippen LogP contribution is -2.19. The van der Waals surface area contributed by atoms with E-state index in [0.717, 1.165) is 0 Å². The van der Waals surface area contributed by atoms with Crippen molar-refractivity contribution in [1.29, 1.82) is 0 Å². The number of carbonyl (C=O) groups is 2. The number of carbonyl (C=O) groups excluding carboxylic acids is 2. The molecule has 0 atom stereocenters. The van der Waals surface area contributed by atoms with Crippen LogP contribution < -0.4 is 15.5 Å². The highest BCUT2D eigenvalue weighted by Gasteiger charge is 2.13. The molecule has 0 bridgehead atoms. The Morgan fingerprint density at radius 3 is 2.68 bits per heavy atom. The van der Waals surface area contributed by atoms with Crippen molar-refractivity contribution in [3.8, 4) is 5.75 Å².